The number of hydrogen-bond acceptors (Lipinski definition) is 2. The summed E-state index contributed by atoms with van der Waals surface area (Å²) >= 11 is 6.09. The van der Waals surface area contributed by atoms with Crippen LogP contribution in [-0.4, -0.2) is 10.1 Å². The molecule has 18 heavy (non-hydrogen) atoms. The minimum atomic E-state index is 0.108. The Kier molecular flexibility index (Phi) is 2.61. The maximum Gasteiger partial charge on any atom is 0.213 e. The third kappa shape index (κ3) is 1.79. The van der Waals surface area contributed by atoms with E-state index in [1.54, 1.807) is 6.07 Å². The van der Waals surface area contributed by atoms with Gasteiger partial charge >= 0.3 is 0 Å². The fraction of sp³-hybridized carbons (Fsp3) is 0. The molecule has 0 aliphatic rings. The lowest BCUT2D eigenvalue weighted by molar-refractivity contribution is 0.461. The average Bonchev–Trinajstić information content (AvgIpc) is 2.69. The van der Waals surface area contributed by atoms with Gasteiger partial charge in [-0.25, -0.2) is 0 Å². The summed E-state index contributed by atoms with van der Waals surface area (Å²) in [6.07, 6.45) is 0. The largest absolute Gasteiger partial charge is 0.493 e. The van der Waals surface area contributed by atoms with E-state index in [1.165, 1.54) is 0 Å². The highest BCUT2D eigenvalue weighted by molar-refractivity contribution is 6.33. The first-order valence-electron chi connectivity index (χ1n) is 5.57. The molecule has 0 spiro atoms. The Morgan fingerprint density at radius 2 is 1.72 bits per heavy atom. The summed E-state index contributed by atoms with van der Waals surface area (Å²) in [6.45, 7) is 0. The molecule has 0 saturated heterocycles. The number of fused-ring (bicyclic) bond motifs is 1. The molecule has 4 heteroatoms. The third-order valence-corrected chi connectivity index (χ3v) is 3.15. The van der Waals surface area contributed by atoms with E-state index in [2.05, 4.69) is 10.3 Å². The van der Waals surface area contributed by atoms with Crippen molar-refractivity contribution in [3.8, 4) is 5.88 Å². The van der Waals surface area contributed by atoms with Crippen LogP contribution in [-0.2, 0) is 0 Å². The second-order valence-electron chi connectivity index (χ2n) is 4.00. The highest BCUT2D eigenvalue weighted by Gasteiger charge is 2.11. The molecule has 0 radical (unpaired) electrons. The Morgan fingerprint density at radius 3 is 2.56 bits per heavy atom. The quantitative estimate of drug-likeness (QED) is 0.643. The lowest BCUT2D eigenvalue weighted by Crippen LogP contribution is -1.90. The number of hydrogen-bond donors (Lipinski definition) is 3. The number of benzene rings is 2. The molecule has 0 aliphatic heterocycles. The van der Waals surface area contributed by atoms with Gasteiger partial charge in [0.25, 0.3) is 0 Å². The second kappa shape index (κ2) is 4.27. The van der Waals surface area contributed by atoms with Crippen LogP contribution in [0.15, 0.2) is 48.5 Å². The van der Waals surface area contributed by atoms with Crippen LogP contribution < -0.4 is 5.32 Å². The second-order valence-corrected chi connectivity index (χ2v) is 4.41. The summed E-state index contributed by atoms with van der Waals surface area (Å²) in [5.41, 5.74) is 2.28. The van der Waals surface area contributed by atoms with Gasteiger partial charge in [-0.05, 0) is 18.2 Å². The number of H-pyrrole nitrogens is 1. The molecule has 0 aliphatic carbocycles. The Balaban J connectivity index is 2.10. The van der Waals surface area contributed by atoms with E-state index in [0.717, 1.165) is 16.6 Å². The molecule has 0 fully saturated rings. The van der Waals surface area contributed by atoms with Crippen molar-refractivity contribution in [3.63, 3.8) is 0 Å². The Morgan fingerprint density at radius 1 is 1.00 bits per heavy atom. The van der Waals surface area contributed by atoms with Gasteiger partial charge in [-0.15, -0.1) is 0 Å². The number of para-hydroxylation sites is 2. The van der Waals surface area contributed by atoms with Gasteiger partial charge < -0.3 is 15.4 Å². The fourth-order valence-electron chi connectivity index (χ4n) is 1.95. The average molecular weight is 259 g/mol. The summed E-state index contributed by atoms with van der Waals surface area (Å²) in [5.74, 6) is 0.108. The van der Waals surface area contributed by atoms with Gasteiger partial charge in [-0.1, -0.05) is 41.9 Å². The fourth-order valence-corrected chi connectivity index (χ4v) is 2.13. The van der Waals surface area contributed by atoms with E-state index in [9.17, 15) is 5.11 Å². The van der Waals surface area contributed by atoms with Crippen LogP contribution in [0, 0.1) is 0 Å². The predicted octanol–water partition coefficient (Wildman–Crippen LogP) is 4.27. The van der Waals surface area contributed by atoms with Gasteiger partial charge in [-0.2, -0.15) is 0 Å². The molecule has 2 aromatic carbocycles. The van der Waals surface area contributed by atoms with Crippen molar-refractivity contribution in [3.05, 3.63) is 53.6 Å². The van der Waals surface area contributed by atoms with Gasteiger partial charge in [0.1, 0.15) is 5.69 Å². The molecule has 3 N–H and O–H groups in total. The molecule has 3 rings (SSSR count). The topological polar surface area (TPSA) is 48.0 Å². The van der Waals surface area contributed by atoms with Gasteiger partial charge in [-0.3, -0.25) is 0 Å². The van der Waals surface area contributed by atoms with Crippen molar-refractivity contribution in [1.82, 2.24) is 4.98 Å². The molecule has 0 bridgehead atoms. The minimum Gasteiger partial charge on any atom is -0.493 e. The SMILES string of the molecule is Oc1[nH]c2ccccc2c1Nc1ccccc1Cl. The van der Waals surface area contributed by atoms with Crippen molar-refractivity contribution in [2.75, 3.05) is 5.32 Å². The third-order valence-electron chi connectivity index (χ3n) is 2.82. The van der Waals surface area contributed by atoms with Crippen LogP contribution in [0.2, 0.25) is 5.02 Å². The van der Waals surface area contributed by atoms with Gasteiger partial charge in [0, 0.05) is 5.39 Å². The maximum absolute atomic E-state index is 9.93. The van der Waals surface area contributed by atoms with Crippen molar-refractivity contribution >= 4 is 33.9 Å². The smallest absolute Gasteiger partial charge is 0.213 e. The maximum atomic E-state index is 9.93. The molecule has 3 nitrogen and oxygen atoms in total. The molecule has 90 valence electrons. The normalized spacial score (nSPS) is 10.7. The van der Waals surface area contributed by atoms with Crippen LogP contribution in [0.4, 0.5) is 11.4 Å². The van der Waals surface area contributed by atoms with E-state index in [-0.39, 0.29) is 5.88 Å². The van der Waals surface area contributed by atoms with E-state index in [1.807, 2.05) is 42.5 Å². The first kappa shape index (κ1) is 11.0. The molecule has 1 aromatic heterocycles. The standard InChI is InChI=1S/C14H11ClN2O/c15-10-6-2-4-8-12(10)16-13-9-5-1-3-7-11(9)17-14(13)18/h1-8,16-18H. The lowest BCUT2D eigenvalue weighted by atomic mass is 10.2. The van der Waals surface area contributed by atoms with Gasteiger partial charge in [0.2, 0.25) is 5.88 Å². The summed E-state index contributed by atoms with van der Waals surface area (Å²) in [6, 6.07) is 15.1. The zero-order valence-corrected chi connectivity index (χ0v) is 10.2. The number of nitrogens with one attached hydrogen (secondary N) is 2. The van der Waals surface area contributed by atoms with Gasteiger partial charge in [0.05, 0.1) is 16.2 Å². The predicted molar refractivity (Wildman–Crippen MR) is 74.7 cm³/mol. The number of rotatable bonds is 2. The van der Waals surface area contributed by atoms with Crippen molar-refractivity contribution in [2.24, 2.45) is 0 Å². The van der Waals surface area contributed by atoms with Crippen LogP contribution in [0.3, 0.4) is 0 Å². The van der Waals surface area contributed by atoms with E-state index < -0.39 is 0 Å². The Labute approximate surface area is 109 Å². The number of anilines is 2. The Hall–Kier alpha value is -2.13. The van der Waals surface area contributed by atoms with Crippen LogP contribution in [0.1, 0.15) is 0 Å². The monoisotopic (exact) mass is 258 g/mol. The summed E-state index contributed by atoms with van der Waals surface area (Å²) in [4.78, 5) is 2.92. The zero-order valence-electron chi connectivity index (χ0n) is 9.44. The van der Waals surface area contributed by atoms with Crippen LogP contribution in [0.5, 0.6) is 5.88 Å². The lowest BCUT2D eigenvalue weighted by Gasteiger charge is -2.07. The van der Waals surface area contributed by atoms with Crippen LogP contribution >= 0.6 is 11.6 Å². The summed E-state index contributed by atoms with van der Waals surface area (Å²) in [7, 11) is 0. The molecule has 0 atom stereocenters. The number of aromatic hydroxyl groups is 1. The Bertz CT molecular complexity index is 706. The number of halogens is 1. The zero-order chi connectivity index (χ0) is 12.5. The highest BCUT2D eigenvalue weighted by Crippen LogP contribution is 2.36. The number of aromatic amines is 1. The van der Waals surface area contributed by atoms with Crippen LogP contribution in [0.25, 0.3) is 10.9 Å². The van der Waals surface area contributed by atoms with E-state index >= 15 is 0 Å². The number of aromatic nitrogens is 1. The first-order chi connectivity index (χ1) is 8.75. The van der Waals surface area contributed by atoms with Crippen molar-refractivity contribution < 1.29 is 5.11 Å². The van der Waals surface area contributed by atoms with Crippen molar-refractivity contribution in [2.45, 2.75) is 0 Å². The molecule has 1 heterocycles. The summed E-state index contributed by atoms with van der Waals surface area (Å²) in [5, 5.41) is 14.6. The highest BCUT2D eigenvalue weighted by atomic mass is 35.5. The molecule has 0 saturated carbocycles. The molecular formula is C14H11ClN2O. The van der Waals surface area contributed by atoms with Gasteiger partial charge in [0.15, 0.2) is 0 Å². The minimum absolute atomic E-state index is 0.108. The van der Waals surface area contributed by atoms with Crippen molar-refractivity contribution in [1.29, 1.82) is 0 Å². The first-order valence-corrected chi connectivity index (χ1v) is 5.95. The molecular weight excluding hydrogens is 248 g/mol. The molecule has 0 unspecified atom stereocenters. The molecule has 3 aromatic rings. The van der Waals surface area contributed by atoms with E-state index in [4.69, 9.17) is 11.6 Å². The molecule has 0 amide bonds. The van der Waals surface area contributed by atoms with E-state index in [0.29, 0.717) is 10.7 Å². The summed E-state index contributed by atoms with van der Waals surface area (Å²) < 4.78 is 0.